The molecule has 2 aromatic carbocycles. The molecule has 3 aromatic rings. The number of rotatable bonds is 13. The van der Waals surface area contributed by atoms with Crippen molar-refractivity contribution in [1.29, 1.82) is 0 Å². The highest BCUT2D eigenvalue weighted by Crippen LogP contribution is 2.34. The van der Waals surface area contributed by atoms with Gasteiger partial charge in [0.1, 0.15) is 16.8 Å². The maximum absolute atomic E-state index is 13.1. The Bertz CT molecular complexity index is 1830. The third-order valence-corrected chi connectivity index (χ3v) is 13.5. The van der Waals surface area contributed by atoms with E-state index in [4.69, 9.17) is 0 Å². The Kier molecular flexibility index (Phi) is 12.3. The number of pyridine rings is 1. The fourth-order valence-electron chi connectivity index (χ4n) is 6.61. The summed E-state index contributed by atoms with van der Waals surface area (Å²) in [4.78, 5) is 18.1. The Balaban J connectivity index is 1.05. The molecule has 1 atom stereocenters. The van der Waals surface area contributed by atoms with Crippen LogP contribution in [0, 0.1) is 11.8 Å². The van der Waals surface area contributed by atoms with Crippen LogP contribution in [0.1, 0.15) is 56.1 Å². The molecule has 2 N–H and O–H groups in total. The van der Waals surface area contributed by atoms with Gasteiger partial charge in [0.2, 0.25) is 20.0 Å². The molecule has 2 fully saturated rings. The topological polar surface area (TPSA) is 137 Å². The highest BCUT2D eigenvalue weighted by Gasteiger charge is 2.33. The molecule has 2 aliphatic heterocycles. The Hall–Kier alpha value is -3.05. The fourth-order valence-corrected chi connectivity index (χ4v) is 9.99. The first-order chi connectivity index (χ1) is 23.6. The number of aromatic nitrogens is 1. The van der Waals surface area contributed by atoms with E-state index >= 15 is 0 Å². The Morgan fingerprint density at radius 1 is 0.900 bits per heavy atom. The van der Waals surface area contributed by atoms with Gasteiger partial charge in [0.25, 0.3) is 0 Å². The number of carboxylic acid groups (broad SMARTS) is 1. The molecular weight excluding hydrogens is 761 g/mol. The van der Waals surface area contributed by atoms with Gasteiger partial charge >= 0.3 is 12.1 Å². The van der Waals surface area contributed by atoms with Crippen LogP contribution in [0.2, 0.25) is 0 Å². The number of piperidine rings is 2. The van der Waals surface area contributed by atoms with E-state index in [9.17, 15) is 39.9 Å². The molecule has 0 saturated carbocycles. The van der Waals surface area contributed by atoms with Crippen LogP contribution in [0.15, 0.2) is 81.1 Å². The summed E-state index contributed by atoms with van der Waals surface area (Å²) in [6.07, 6.45) is 3.08. The summed E-state index contributed by atoms with van der Waals surface area (Å²) in [5, 5.41) is 9.65. The highest BCUT2D eigenvalue weighted by molar-refractivity contribution is 9.10. The third kappa shape index (κ3) is 9.63. The minimum Gasteiger partial charge on any atom is -0.480 e. The summed E-state index contributed by atoms with van der Waals surface area (Å²) in [7, 11) is -8.01. The number of carboxylic acids is 1. The normalized spacial score (nSPS) is 17.9. The predicted molar refractivity (Wildman–Crippen MR) is 186 cm³/mol. The van der Waals surface area contributed by atoms with Crippen LogP contribution in [-0.2, 0) is 37.4 Å². The molecule has 2 aliphatic rings. The first-order valence-corrected chi connectivity index (χ1v) is 20.2. The first kappa shape index (κ1) is 38.2. The van der Waals surface area contributed by atoms with Gasteiger partial charge in [-0.05, 0) is 95.8 Å². The van der Waals surface area contributed by atoms with Gasteiger partial charge in [0, 0.05) is 32.4 Å². The number of carbonyl (C=O) groups is 1. The summed E-state index contributed by atoms with van der Waals surface area (Å²) in [5.74, 6) is 0.258. The molecule has 16 heteroatoms. The van der Waals surface area contributed by atoms with Crippen molar-refractivity contribution in [3.8, 4) is 0 Å². The van der Waals surface area contributed by atoms with Gasteiger partial charge in [0.15, 0.2) is 0 Å². The fraction of sp³-hybridized carbons (Fsp3) is 0.471. The Morgan fingerprint density at radius 3 is 2.02 bits per heavy atom. The molecule has 1 aromatic heterocycles. The van der Waals surface area contributed by atoms with Crippen molar-refractivity contribution in [3.05, 3.63) is 82.5 Å². The molecule has 1 unspecified atom stereocenters. The van der Waals surface area contributed by atoms with Crippen molar-refractivity contribution in [2.45, 2.75) is 73.4 Å². The van der Waals surface area contributed by atoms with Crippen molar-refractivity contribution in [1.82, 2.24) is 14.0 Å². The van der Waals surface area contributed by atoms with Crippen molar-refractivity contribution < 1.29 is 39.9 Å². The van der Waals surface area contributed by atoms with Crippen molar-refractivity contribution >= 4 is 47.8 Å². The van der Waals surface area contributed by atoms with Gasteiger partial charge in [-0.3, -0.25) is 4.79 Å². The summed E-state index contributed by atoms with van der Waals surface area (Å²) in [6.45, 7) is 2.19. The maximum atomic E-state index is 13.1. The molecule has 3 heterocycles. The number of anilines is 1. The third-order valence-electron chi connectivity index (χ3n) is 9.52. The molecule has 10 nitrogen and oxygen atoms in total. The second-order valence-electron chi connectivity index (χ2n) is 12.9. The number of nitrogens with zero attached hydrogens (tertiary/aromatic N) is 3. The predicted octanol–water partition coefficient (Wildman–Crippen LogP) is 6.32. The van der Waals surface area contributed by atoms with Crippen LogP contribution >= 0.6 is 15.9 Å². The number of hydrogen-bond acceptors (Lipinski definition) is 7. The molecule has 272 valence electrons. The van der Waals surface area contributed by atoms with Crippen LogP contribution in [0.4, 0.5) is 19.0 Å². The zero-order valence-corrected chi connectivity index (χ0v) is 30.4. The minimum absolute atomic E-state index is 0.00468. The van der Waals surface area contributed by atoms with E-state index < -0.39 is 43.8 Å². The molecule has 50 heavy (non-hydrogen) atoms. The molecule has 0 bridgehead atoms. The number of benzene rings is 2. The van der Waals surface area contributed by atoms with Crippen molar-refractivity contribution in [2.24, 2.45) is 11.8 Å². The summed E-state index contributed by atoms with van der Waals surface area (Å²) in [5.41, 5.74) is -0.189. The van der Waals surface area contributed by atoms with Crippen LogP contribution in [0.25, 0.3) is 0 Å². The number of hydrogen-bond donors (Lipinski definition) is 2. The molecular formula is C34H40BrF3N4O6S2. The van der Waals surface area contributed by atoms with E-state index in [-0.39, 0.29) is 16.2 Å². The lowest BCUT2D eigenvalue weighted by Gasteiger charge is -2.34. The molecule has 0 radical (unpaired) electrons. The number of alkyl halides is 3. The van der Waals surface area contributed by atoms with Crippen LogP contribution < -0.4 is 9.62 Å². The zero-order valence-electron chi connectivity index (χ0n) is 27.2. The molecule has 0 aliphatic carbocycles. The standard InChI is InChI=1S/C34H40BrF3N4O6S2/c35-30-22-29(49(45,46)40-31(33(43)44)21-26-5-2-1-3-6-26)23-39-32(30)41-17-13-24(14-18-41)7-4-8-25-15-19-42(20-16-25)50(47,48)28-11-9-27(10-12-28)34(36,37)38/h1-3,5-6,9-12,22-25,31,40H,4,7-8,13-21H2,(H,43,44). The SMILES string of the molecule is O=C(O)C(Cc1ccccc1)NS(=O)(=O)c1cnc(N2CCC(CCCC3CCN(S(=O)(=O)c4ccc(C(F)(F)F)cc4)CC3)CC2)c(Br)c1. The smallest absolute Gasteiger partial charge is 0.416 e. The molecule has 2 saturated heterocycles. The second kappa shape index (κ2) is 16.1. The summed E-state index contributed by atoms with van der Waals surface area (Å²) >= 11 is 3.47. The quantitative estimate of drug-likeness (QED) is 0.205. The van der Waals surface area contributed by atoms with E-state index in [0.717, 1.165) is 69.5 Å². The first-order valence-electron chi connectivity index (χ1n) is 16.5. The van der Waals surface area contributed by atoms with Crippen molar-refractivity contribution in [3.63, 3.8) is 0 Å². The number of nitrogens with one attached hydrogen (secondary N) is 1. The van der Waals surface area contributed by atoms with E-state index in [0.29, 0.717) is 53.6 Å². The second-order valence-corrected chi connectivity index (χ2v) is 17.4. The van der Waals surface area contributed by atoms with E-state index in [1.54, 1.807) is 30.3 Å². The lowest BCUT2D eigenvalue weighted by atomic mass is 9.87. The van der Waals surface area contributed by atoms with Gasteiger partial charge in [-0.2, -0.15) is 22.2 Å². The summed E-state index contributed by atoms with van der Waals surface area (Å²) in [6, 6.07) is 12.5. The molecule has 5 rings (SSSR count). The molecule has 0 amide bonds. The van der Waals surface area contributed by atoms with Crippen LogP contribution in [-0.4, -0.2) is 69.4 Å². The van der Waals surface area contributed by atoms with Crippen LogP contribution in [0.5, 0.6) is 0 Å². The lowest BCUT2D eigenvalue weighted by molar-refractivity contribution is -0.139. The Labute approximate surface area is 299 Å². The van der Waals surface area contributed by atoms with Crippen LogP contribution in [0.3, 0.4) is 0 Å². The van der Waals surface area contributed by atoms with E-state index in [1.807, 2.05) is 0 Å². The van der Waals surface area contributed by atoms with Gasteiger partial charge in [-0.15, -0.1) is 0 Å². The number of sulfonamides is 2. The van der Waals surface area contributed by atoms with Gasteiger partial charge in [-0.25, -0.2) is 21.8 Å². The minimum atomic E-state index is -4.52. The highest BCUT2D eigenvalue weighted by atomic mass is 79.9. The Morgan fingerprint density at radius 2 is 1.48 bits per heavy atom. The zero-order chi connectivity index (χ0) is 36.1. The average molecular weight is 802 g/mol. The maximum Gasteiger partial charge on any atom is 0.416 e. The number of aliphatic carboxylic acids is 1. The van der Waals surface area contributed by atoms with E-state index in [2.05, 4.69) is 30.5 Å². The summed E-state index contributed by atoms with van der Waals surface area (Å²) < 4.78 is 94.9. The monoisotopic (exact) mass is 800 g/mol. The molecule has 0 spiro atoms. The van der Waals surface area contributed by atoms with Gasteiger partial charge in [0.05, 0.1) is 14.9 Å². The number of halogens is 4. The lowest BCUT2D eigenvalue weighted by Crippen LogP contribution is -2.42. The van der Waals surface area contributed by atoms with Crippen molar-refractivity contribution in [2.75, 3.05) is 31.1 Å². The van der Waals surface area contributed by atoms with E-state index in [1.165, 1.54) is 16.6 Å². The average Bonchev–Trinajstić information content (AvgIpc) is 3.08. The largest absolute Gasteiger partial charge is 0.480 e. The van der Waals surface area contributed by atoms with Gasteiger partial charge in [-0.1, -0.05) is 49.6 Å². The van der Waals surface area contributed by atoms with Gasteiger partial charge < -0.3 is 10.0 Å².